The van der Waals surface area contributed by atoms with Crippen molar-refractivity contribution in [2.24, 2.45) is 0 Å². The summed E-state index contributed by atoms with van der Waals surface area (Å²) < 4.78 is 33.2. The molecule has 3 saturated heterocycles. The van der Waals surface area contributed by atoms with Crippen LogP contribution in [0, 0.1) is 0 Å². The Morgan fingerprint density at radius 2 is 1.10 bits per heavy atom. The number of carbonyl (C=O) groups excluding carboxylic acids is 1. The van der Waals surface area contributed by atoms with Gasteiger partial charge in [0.25, 0.3) is 0 Å². The molecule has 0 bridgehead atoms. The van der Waals surface area contributed by atoms with Crippen molar-refractivity contribution in [3.8, 4) is 0 Å². The van der Waals surface area contributed by atoms with Crippen LogP contribution in [-0.4, -0.2) is 227 Å². The smallest absolute Gasteiger partial charge is 0.217 e. The molecule has 19 atom stereocenters. The van der Waals surface area contributed by atoms with Crippen molar-refractivity contribution < 1.29 is 105 Å². The van der Waals surface area contributed by atoms with E-state index in [0.717, 1.165) is 6.92 Å². The molecule has 0 aromatic carbocycles. The first-order chi connectivity index (χ1) is 22.6. The van der Waals surface area contributed by atoms with Gasteiger partial charge in [0.15, 0.2) is 18.9 Å². The quantitative estimate of drug-likeness (QED) is 0.0750. The summed E-state index contributed by atoms with van der Waals surface area (Å²) in [5.41, 5.74) is 0. The summed E-state index contributed by atoms with van der Waals surface area (Å²) in [4.78, 5) is 12.1. The van der Waals surface area contributed by atoms with Gasteiger partial charge in [0.05, 0.1) is 33.0 Å². The maximum Gasteiger partial charge on any atom is 0.217 e. The van der Waals surface area contributed by atoms with Gasteiger partial charge >= 0.3 is 0 Å². The molecule has 0 spiro atoms. The van der Waals surface area contributed by atoms with Crippen LogP contribution >= 0.6 is 0 Å². The van der Waals surface area contributed by atoms with E-state index in [0.29, 0.717) is 0 Å². The SMILES string of the molecule is CC(=O)N[C@H]1[C@H](O[C@@H]2[C@H](O)[C@@H](O)[C@H](O[C@@H]([C@H](O)[C@@H](O)CO)[C@H](O)CO)O[C@@H]2CO)O[C@H](CO)[C@@H](O[C@@H]2O[C@H](CO)[C@H](O)[C@H](O)[C@H]2O)[C@@H]1O. The molecule has 22 nitrogen and oxygen atoms in total. The molecule has 15 N–H and O–H groups in total. The molecule has 3 heterocycles. The Hall–Kier alpha value is -1.33. The molecule has 0 saturated carbocycles. The van der Waals surface area contributed by atoms with Gasteiger partial charge in [-0.25, -0.2) is 0 Å². The maximum absolute atomic E-state index is 12.1. The largest absolute Gasteiger partial charge is 0.394 e. The molecule has 0 unspecified atom stereocenters. The summed E-state index contributed by atoms with van der Waals surface area (Å²) >= 11 is 0. The van der Waals surface area contributed by atoms with Crippen molar-refractivity contribution in [3.63, 3.8) is 0 Å². The van der Waals surface area contributed by atoms with Gasteiger partial charge in [0.1, 0.15) is 97.6 Å². The zero-order chi connectivity index (χ0) is 36.0. The number of rotatable bonds is 15. The molecule has 0 aromatic rings. The summed E-state index contributed by atoms with van der Waals surface area (Å²) in [5, 5.41) is 144. The third-order valence-corrected chi connectivity index (χ3v) is 8.25. The van der Waals surface area contributed by atoms with E-state index >= 15 is 0 Å². The Kier molecular flexibility index (Phi) is 15.6. The maximum atomic E-state index is 12.1. The number of nitrogens with one attached hydrogen (secondary N) is 1. The van der Waals surface area contributed by atoms with Crippen LogP contribution in [0.4, 0.5) is 0 Å². The average molecular weight is 710 g/mol. The van der Waals surface area contributed by atoms with E-state index in [4.69, 9.17) is 33.5 Å². The van der Waals surface area contributed by atoms with E-state index in [1.165, 1.54) is 0 Å². The average Bonchev–Trinajstić information content (AvgIpc) is 3.07. The van der Waals surface area contributed by atoms with Crippen LogP contribution < -0.4 is 5.32 Å². The lowest BCUT2D eigenvalue weighted by Gasteiger charge is -2.49. The fraction of sp³-hybridized carbons (Fsp3) is 0.962. The molecule has 48 heavy (non-hydrogen) atoms. The Labute approximate surface area is 272 Å². The Morgan fingerprint density at radius 1 is 0.625 bits per heavy atom. The highest BCUT2D eigenvalue weighted by Gasteiger charge is 2.54. The Morgan fingerprint density at radius 3 is 1.62 bits per heavy atom. The van der Waals surface area contributed by atoms with Crippen LogP contribution in [-0.2, 0) is 33.2 Å². The van der Waals surface area contributed by atoms with Crippen LogP contribution in [0.3, 0.4) is 0 Å². The van der Waals surface area contributed by atoms with Crippen molar-refractivity contribution in [2.75, 3.05) is 33.0 Å². The number of hydrogen-bond donors (Lipinski definition) is 15. The van der Waals surface area contributed by atoms with Gasteiger partial charge in [-0.1, -0.05) is 0 Å². The van der Waals surface area contributed by atoms with E-state index in [1.54, 1.807) is 0 Å². The second-order valence-corrected chi connectivity index (χ2v) is 11.6. The van der Waals surface area contributed by atoms with Crippen LogP contribution in [0.5, 0.6) is 0 Å². The minimum absolute atomic E-state index is 0.755. The standard InChI is InChI=1S/C26H47NO21/c1-7(33)27-13-16(38)22(48-25-19(41)17(39)15(37)10(4-30)43-25)11(5-31)44-24(13)47-23-12(6-32)45-26(20(42)18(23)40)46-21(9(35)3-29)14(36)8(34)2-28/h8-26,28-32,34-42H,2-6H2,1H3,(H,27,33)/t8-,9+,10+,11+,12+,13+,14+,15-,16+,17-,18+,19+,20+,21+,22+,23-,24-,25-,26-/m0/s1. The van der Waals surface area contributed by atoms with Crippen molar-refractivity contribution in [1.82, 2.24) is 5.32 Å². The van der Waals surface area contributed by atoms with Crippen molar-refractivity contribution >= 4 is 5.91 Å². The minimum atomic E-state index is -2.09. The number of hydrogen-bond acceptors (Lipinski definition) is 21. The second-order valence-electron chi connectivity index (χ2n) is 11.6. The van der Waals surface area contributed by atoms with Gasteiger partial charge in [-0.05, 0) is 0 Å². The molecular formula is C26H47NO21. The molecular weight excluding hydrogens is 662 g/mol. The highest BCUT2D eigenvalue weighted by molar-refractivity contribution is 5.73. The van der Waals surface area contributed by atoms with Gasteiger partial charge < -0.3 is 105 Å². The number of aliphatic hydroxyl groups excluding tert-OH is 14. The monoisotopic (exact) mass is 709 g/mol. The fourth-order valence-electron chi connectivity index (χ4n) is 5.55. The number of aliphatic hydroxyl groups is 14. The van der Waals surface area contributed by atoms with Gasteiger partial charge in [0, 0.05) is 6.92 Å². The summed E-state index contributed by atoms with van der Waals surface area (Å²) in [6, 6.07) is -1.60. The highest BCUT2D eigenvalue weighted by atomic mass is 16.8. The van der Waals surface area contributed by atoms with E-state index in [2.05, 4.69) is 5.32 Å². The predicted octanol–water partition coefficient (Wildman–Crippen LogP) is -9.97. The fourth-order valence-corrected chi connectivity index (χ4v) is 5.55. The van der Waals surface area contributed by atoms with Crippen molar-refractivity contribution in [2.45, 2.75) is 123 Å². The van der Waals surface area contributed by atoms with E-state index in [1.807, 2.05) is 0 Å². The molecule has 3 aliphatic rings. The van der Waals surface area contributed by atoms with Crippen LogP contribution in [0.25, 0.3) is 0 Å². The third kappa shape index (κ3) is 9.12. The molecule has 0 aliphatic carbocycles. The summed E-state index contributed by atoms with van der Waals surface area (Å²) in [6.07, 6.45) is -32.6. The molecule has 1 amide bonds. The topological polar surface area (TPSA) is 368 Å². The lowest BCUT2D eigenvalue weighted by atomic mass is 9.94. The number of amides is 1. The third-order valence-electron chi connectivity index (χ3n) is 8.25. The van der Waals surface area contributed by atoms with Crippen molar-refractivity contribution in [3.05, 3.63) is 0 Å². The Balaban J connectivity index is 1.82. The molecule has 0 aromatic heterocycles. The minimum Gasteiger partial charge on any atom is -0.394 e. The highest BCUT2D eigenvalue weighted by Crippen LogP contribution is 2.33. The van der Waals surface area contributed by atoms with Gasteiger partial charge in [-0.3, -0.25) is 4.79 Å². The Bertz CT molecular complexity index is 980. The van der Waals surface area contributed by atoms with Gasteiger partial charge in [-0.15, -0.1) is 0 Å². The first-order valence-corrected chi connectivity index (χ1v) is 15.0. The zero-order valence-electron chi connectivity index (χ0n) is 25.6. The molecule has 282 valence electrons. The predicted molar refractivity (Wildman–Crippen MR) is 148 cm³/mol. The van der Waals surface area contributed by atoms with Crippen molar-refractivity contribution in [1.29, 1.82) is 0 Å². The van der Waals surface area contributed by atoms with E-state index in [-0.39, 0.29) is 0 Å². The van der Waals surface area contributed by atoms with Crippen LogP contribution in [0.1, 0.15) is 6.92 Å². The lowest BCUT2D eigenvalue weighted by molar-refractivity contribution is -0.372. The summed E-state index contributed by atoms with van der Waals surface area (Å²) in [6.45, 7) is -3.61. The summed E-state index contributed by atoms with van der Waals surface area (Å²) in [7, 11) is 0. The molecule has 3 rings (SSSR count). The molecule has 3 aliphatic heterocycles. The number of ether oxygens (including phenoxy) is 6. The molecule has 22 heteroatoms. The first kappa shape index (κ1) is 41.1. The number of carbonyl (C=O) groups is 1. The second kappa shape index (κ2) is 18.2. The summed E-state index contributed by atoms with van der Waals surface area (Å²) in [5.74, 6) is -0.755. The van der Waals surface area contributed by atoms with E-state index < -0.39 is 155 Å². The van der Waals surface area contributed by atoms with E-state index in [9.17, 15) is 71.2 Å². The lowest BCUT2D eigenvalue weighted by Crippen LogP contribution is -2.69. The van der Waals surface area contributed by atoms with Gasteiger partial charge in [-0.2, -0.15) is 0 Å². The van der Waals surface area contributed by atoms with Crippen LogP contribution in [0.15, 0.2) is 0 Å². The van der Waals surface area contributed by atoms with Gasteiger partial charge in [0.2, 0.25) is 5.91 Å². The molecule has 0 radical (unpaired) electrons. The normalized spacial score (nSPS) is 43.3. The zero-order valence-corrected chi connectivity index (χ0v) is 25.6. The van der Waals surface area contributed by atoms with Crippen LogP contribution in [0.2, 0.25) is 0 Å². The first-order valence-electron chi connectivity index (χ1n) is 15.0. The molecule has 3 fully saturated rings.